The van der Waals surface area contributed by atoms with Crippen molar-refractivity contribution in [3.05, 3.63) is 84.4 Å². The molecule has 6 rings (SSSR count). The Labute approximate surface area is 249 Å². The number of piperidine rings is 1. The largest absolute Gasteiger partial charge is 0.446 e. The number of rotatable bonds is 9. The first-order chi connectivity index (χ1) is 20.6. The lowest BCUT2D eigenvalue weighted by Crippen LogP contribution is -2.55. The Hall–Kier alpha value is -3.83. The number of ether oxygens (including phenoxy) is 1. The van der Waals surface area contributed by atoms with Crippen molar-refractivity contribution in [2.75, 3.05) is 44.7 Å². The number of nitriles is 1. The third kappa shape index (κ3) is 5.76. The number of hydrogen-bond acceptors (Lipinski definition) is 6. The topological polar surface area (TPSA) is 86.4 Å². The highest BCUT2D eigenvalue weighted by Gasteiger charge is 2.53. The number of amides is 1. The molecular weight excluding hydrogens is 524 g/mol. The molecule has 0 bridgehead atoms. The van der Waals surface area contributed by atoms with Gasteiger partial charge in [-0.05, 0) is 80.9 Å². The molecule has 0 spiro atoms. The molecule has 0 radical (unpaired) electrons. The summed E-state index contributed by atoms with van der Waals surface area (Å²) in [7, 11) is 1.64. The number of nitrogens with zero attached hydrogens (tertiary/aromatic N) is 5. The molecule has 2 aromatic carbocycles. The van der Waals surface area contributed by atoms with Crippen LogP contribution in [0.25, 0.3) is 0 Å². The molecular formula is C34H42N6O2. The molecule has 220 valence electrons. The zero-order chi connectivity index (χ0) is 28.9. The molecule has 1 saturated carbocycles. The van der Waals surface area contributed by atoms with E-state index in [2.05, 4.69) is 79.4 Å². The SMILES string of the molecule is CNC(=O)O[C@H]1CCC[C@@H]1C(Cn1ccnc1)(c1ccccc1)C1CCN(CC2CN(c3ccc(C#N)cc3)C2)CC1. The molecule has 1 N–H and O–H groups in total. The van der Waals surface area contributed by atoms with E-state index >= 15 is 0 Å². The monoisotopic (exact) mass is 566 g/mol. The summed E-state index contributed by atoms with van der Waals surface area (Å²) in [4.78, 5) is 21.9. The van der Waals surface area contributed by atoms with Crippen LogP contribution in [0.1, 0.15) is 43.2 Å². The second kappa shape index (κ2) is 12.6. The smallest absolute Gasteiger partial charge is 0.407 e. The maximum Gasteiger partial charge on any atom is 0.407 e. The van der Waals surface area contributed by atoms with Crippen LogP contribution in [-0.4, -0.2) is 66.4 Å². The molecule has 2 aliphatic heterocycles. The van der Waals surface area contributed by atoms with E-state index in [9.17, 15) is 4.79 Å². The van der Waals surface area contributed by atoms with Gasteiger partial charge in [0.2, 0.25) is 0 Å². The Bertz CT molecular complexity index is 1340. The quantitative estimate of drug-likeness (QED) is 0.390. The first-order valence-corrected chi connectivity index (χ1v) is 15.5. The fourth-order valence-electron chi connectivity index (χ4n) is 8.01. The van der Waals surface area contributed by atoms with Gasteiger partial charge < -0.3 is 24.4 Å². The lowest BCUT2D eigenvalue weighted by atomic mass is 9.58. The van der Waals surface area contributed by atoms with Gasteiger partial charge >= 0.3 is 6.09 Å². The van der Waals surface area contributed by atoms with Crippen LogP contribution in [0.4, 0.5) is 10.5 Å². The summed E-state index contributed by atoms with van der Waals surface area (Å²) in [6, 6.07) is 21.2. The molecule has 3 aromatic rings. The highest BCUT2D eigenvalue weighted by Crippen LogP contribution is 2.52. The minimum absolute atomic E-state index is 0.102. The number of aromatic nitrogens is 2. The van der Waals surface area contributed by atoms with Gasteiger partial charge in [0.25, 0.3) is 0 Å². The van der Waals surface area contributed by atoms with Crippen LogP contribution >= 0.6 is 0 Å². The Morgan fingerprint density at radius 3 is 2.50 bits per heavy atom. The van der Waals surface area contributed by atoms with E-state index in [-0.39, 0.29) is 23.5 Å². The van der Waals surface area contributed by atoms with Crippen molar-refractivity contribution in [3.8, 4) is 6.07 Å². The first-order valence-electron chi connectivity index (χ1n) is 15.5. The Morgan fingerprint density at radius 1 is 1.07 bits per heavy atom. The van der Waals surface area contributed by atoms with Gasteiger partial charge in [-0.2, -0.15) is 5.26 Å². The van der Waals surface area contributed by atoms with Crippen LogP contribution in [0.3, 0.4) is 0 Å². The second-order valence-corrected chi connectivity index (χ2v) is 12.4. The second-order valence-electron chi connectivity index (χ2n) is 12.4. The molecule has 3 fully saturated rings. The maximum absolute atomic E-state index is 12.4. The minimum Gasteiger partial charge on any atom is -0.446 e. The van der Waals surface area contributed by atoms with E-state index in [0.29, 0.717) is 17.4 Å². The number of anilines is 1. The van der Waals surface area contributed by atoms with Crippen molar-refractivity contribution >= 4 is 11.8 Å². The summed E-state index contributed by atoms with van der Waals surface area (Å²) in [5.74, 6) is 1.37. The average Bonchev–Trinajstić information content (AvgIpc) is 3.71. The van der Waals surface area contributed by atoms with Crippen LogP contribution in [0.2, 0.25) is 0 Å². The van der Waals surface area contributed by atoms with Crippen molar-refractivity contribution in [2.45, 2.75) is 50.2 Å². The molecule has 1 aromatic heterocycles. The summed E-state index contributed by atoms with van der Waals surface area (Å²) >= 11 is 0. The van der Waals surface area contributed by atoms with Gasteiger partial charge in [0.15, 0.2) is 0 Å². The van der Waals surface area contributed by atoms with E-state index in [1.165, 1.54) is 11.3 Å². The molecule has 1 amide bonds. The average molecular weight is 567 g/mol. The molecule has 8 heteroatoms. The maximum atomic E-state index is 12.4. The Kier molecular flexibility index (Phi) is 8.48. The number of carbonyl (C=O) groups is 1. The number of carbonyl (C=O) groups excluding carboxylic acids is 1. The summed E-state index contributed by atoms with van der Waals surface area (Å²) in [5.41, 5.74) is 3.11. The standard InChI is InChI=1S/C34H42N6O2/c1-36-33(41)42-32-9-5-8-31(32)34(24-39-19-16-37-25-39,28-6-3-2-4-7-28)29-14-17-38(18-15-29)21-27-22-40(23-27)30-12-10-26(20-35)11-13-30/h2-4,6-7,10-13,16,19,25,27,29,31-32H,5,8-9,14-15,17-18,21-24H2,1H3,(H,36,41)/t31-,32-,34?/m0/s1. The zero-order valence-corrected chi connectivity index (χ0v) is 24.6. The fourth-order valence-corrected chi connectivity index (χ4v) is 8.01. The van der Waals surface area contributed by atoms with Crippen molar-refractivity contribution in [3.63, 3.8) is 0 Å². The van der Waals surface area contributed by atoms with Gasteiger partial charge in [0.05, 0.1) is 18.0 Å². The van der Waals surface area contributed by atoms with Crippen molar-refractivity contribution < 1.29 is 9.53 Å². The van der Waals surface area contributed by atoms with Gasteiger partial charge in [-0.3, -0.25) is 0 Å². The number of alkyl carbamates (subject to hydrolysis) is 1. The Morgan fingerprint density at radius 2 is 1.83 bits per heavy atom. The van der Waals surface area contributed by atoms with E-state index in [4.69, 9.17) is 10.00 Å². The molecule has 8 nitrogen and oxygen atoms in total. The lowest BCUT2D eigenvalue weighted by Gasteiger charge is -2.51. The van der Waals surface area contributed by atoms with Crippen LogP contribution in [0, 0.1) is 29.1 Å². The van der Waals surface area contributed by atoms with Gasteiger partial charge in [-0.1, -0.05) is 30.3 Å². The number of benzene rings is 2. The summed E-state index contributed by atoms with van der Waals surface area (Å²) < 4.78 is 8.30. The molecule has 3 heterocycles. The van der Waals surface area contributed by atoms with Crippen LogP contribution < -0.4 is 10.2 Å². The number of imidazole rings is 1. The van der Waals surface area contributed by atoms with Gasteiger partial charge in [-0.15, -0.1) is 0 Å². The first kappa shape index (κ1) is 28.3. The van der Waals surface area contributed by atoms with Crippen LogP contribution in [0.5, 0.6) is 0 Å². The van der Waals surface area contributed by atoms with Gasteiger partial charge in [0, 0.05) is 68.6 Å². The molecule has 3 atom stereocenters. The normalized spacial score (nSPS) is 23.1. The Balaban J connectivity index is 1.18. The van der Waals surface area contributed by atoms with Gasteiger partial charge in [-0.25, -0.2) is 9.78 Å². The van der Waals surface area contributed by atoms with E-state index in [1.807, 2.05) is 24.7 Å². The molecule has 3 aliphatic rings. The van der Waals surface area contributed by atoms with Crippen LogP contribution in [-0.2, 0) is 16.7 Å². The molecule has 1 aliphatic carbocycles. The summed E-state index contributed by atoms with van der Waals surface area (Å²) in [6.07, 6.45) is 10.7. The number of likely N-dealkylation sites (tertiary alicyclic amines) is 1. The van der Waals surface area contributed by atoms with Crippen molar-refractivity contribution in [1.29, 1.82) is 5.26 Å². The zero-order valence-electron chi connectivity index (χ0n) is 24.6. The highest BCUT2D eigenvalue weighted by atomic mass is 16.6. The predicted molar refractivity (Wildman–Crippen MR) is 163 cm³/mol. The molecule has 42 heavy (non-hydrogen) atoms. The van der Waals surface area contributed by atoms with Gasteiger partial charge in [0.1, 0.15) is 6.10 Å². The third-order valence-corrected chi connectivity index (χ3v) is 10.0. The summed E-state index contributed by atoms with van der Waals surface area (Å²) in [5, 5.41) is 11.8. The number of hydrogen-bond donors (Lipinski definition) is 1. The van der Waals surface area contributed by atoms with E-state index < -0.39 is 0 Å². The van der Waals surface area contributed by atoms with Crippen molar-refractivity contribution in [1.82, 2.24) is 19.8 Å². The van der Waals surface area contributed by atoms with Crippen molar-refractivity contribution in [2.24, 2.45) is 17.8 Å². The minimum atomic E-state index is -0.332. The molecule has 2 saturated heterocycles. The molecule has 1 unspecified atom stereocenters. The summed E-state index contributed by atoms with van der Waals surface area (Å²) in [6.45, 7) is 6.28. The van der Waals surface area contributed by atoms with E-state index in [1.54, 1.807) is 7.05 Å². The number of nitrogens with one attached hydrogen (secondary N) is 1. The van der Waals surface area contributed by atoms with Crippen LogP contribution in [0.15, 0.2) is 73.3 Å². The predicted octanol–water partition coefficient (Wildman–Crippen LogP) is 5.07. The highest BCUT2D eigenvalue weighted by molar-refractivity contribution is 5.67. The lowest BCUT2D eigenvalue weighted by molar-refractivity contribution is 0.00204. The van der Waals surface area contributed by atoms with E-state index in [0.717, 1.165) is 71.4 Å². The fraction of sp³-hybridized carbons (Fsp3) is 0.500. The third-order valence-electron chi connectivity index (χ3n) is 10.0.